The van der Waals surface area contributed by atoms with Gasteiger partial charge in [-0.1, -0.05) is 18.2 Å². The average Bonchev–Trinajstić information content (AvgIpc) is 2.41. The Morgan fingerprint density at radius 3 is 2.50 bits per heavy atom. The van der Waals surface area contributed by atoms with Gasteiger partial charge in [0.1, 0.15) is 0 Å². The second-order valence-electron chi connectivity index (χ2n) is 5.08. The lowest BCUT2D eigenvalue weighted by atomic mass is 9.98. The van der Waals surface area contributed by atoms with Gasteiger partial charge in [-0.2, -0.15) is 0 Å². The van der Waals surface area contributed by atoms with E-state index >= 15 is 0 Å². The van der Waals surface area contributed by atoms with Gasteiger partial charge in [0.2, 0.25) is 0 Å². The van der Waals surface area contributed by atoms with Crippen LogP contribution in [0.5, 0.6) is 0 Å². The number of hydrogen-bond donors (Lipinski definition) is 2. The summed E-state index contributed by atoms with van der Waals surface area (Å²) < 4.78 is 0. The van der Waals surface area contributed by atoms with Crippen molar-refractivity contribution in [1.82, 2.24) is 5.32 Å². The van der Waals surface area contributed by atoms with E-state index in [9.17, 15) is 5.11 Å². The molecule has 0 fully saturated rings. The summed E-state index contributed by atoms with van der Waals surface area (Å²) >= 11 is 0. The molecule has 3 heteroatoms. The molecule has 0 saturated heterocycles. The van der Waals surface area contributed by atoms with Gasteiger partial charge in [0, 0.05) is 24.3 Å². The fourth-order valence-electron chi connectivity index (χ4n) is 2.03. The molecule has 102 valence electrons. The molecule has 3 nitrogen and oxygen atoms in total. The van der Waals surface area contributed by atoms with Gasteiger partial charge >= 0.3 is 0 Å². The van der Waals surface area contributed by atoms with E-state index < -0.39 is 0 Å². The predicted octanol–water partition coefficient (Wildman–Crippen LogP) is 2.18. The van der Waals surface area contributed by atoms with Crippen LogP contribution < -0.4 is 10.2 Å². The van der Waals surface area contributed by atoms with Crippen molar-refractivity contribution >= 4 is 5.69 Å². The molecule has 1 unspecified atom stereocenters. The third-order valence-corrected chi connectivity index (χ3v) is 3.72. The topological polar surface area (TPSA) is 35.5 Å². The quantitative estimate of drug-likeness (QED) is 0.778. The summed E-state index contributed by atoms with van der Waals surface area (Å²) in [7, 11) is 1.90. The SMILES string of the molecule is CCN(CCC(C)(CO)NC)c1ccccc1C. The molecule has 0 amide bonds. The van der Waals surface area contributed by atoms with Crippen LogP contribution in [-0.2, 0) is 0 Å². The Balaban J connectivity index is 2.72. The maximum Gasteiger partial charge on any atom is 0.0611 e. The van der Waals surface area contributed by atoms with E-state index in [0.29, 0.717) is 0 Å². The molecule has 0 aliphatic carbocycles. The van der Waals surface area contributed by atoms with Gasteiger partial charge < -0.3 is 15.3 Å². The predicted molar refractivity (Wildman–Crippen MR) is 78.2 cm³/mol. The number of aliphatic hydroxyl groups excluding tert-OH is 1. The van der Waals surface area contributed by atoms with Gasteiger partial charge in [0.25, 0.3) is 0 Å². The van der Waals surface area contributed by atoms with Crippen LogP contribution in [0.3, 0.4) is 0 Å². The van der Waals surface area contributed by atoms with Crippen LogP contribution in [0.1, 0.15) is 25.8 Å². The van der Waals surface area contributed by atoms with Crippen molar-refractivity contribution in [3.05, 3.63) is 29.8 Å². The molecule has 0 aromatic heterocycles. The monoisotopic (exact) mass is 250 g/mol. The molecule has 1 rings (SSSR count). The van der Waals surface area contributed by atoms with Crippen molar-refractivity contribution < 1.29 is 5.11 Å². The largest absolute Gasteiger partial charge is 0.394 e. The molecular formula is C15H26N2O. The van der Waals surface area contributed by atoms with Crippen molar-refractivity contribution in [2.45, 2.75) is 32.7 Å². The standard InChI is InChI=1S/C15H26N2O/c1-5-17(11-10-15(3,12-18)16-4)14-9-7-6-8-13(14)2/h6-9,16,18H,5,10-12H2,1-4H3. The number of benzene rings is 1. The highest BCUT2D eigenvalue weighted by molar-refractivity contribution is 5.52. The van der Waals surface area contributed by atoms with E-state index in [4.69, 9.17) is 0 Å². The third kappa shape index (κ3) is 3.72. The lowest BCUT2D eigenvalue weighted by Crippen LogP contribution is -2.46. The number of hydrogen-bond acceptors (Lipinski definition) is 3. The molecule has 0 saturated carbocycles. The van der Waals surface area contributed by atoms with Gasteiger partial charge in [-0.25, -0.2) is 0 Å². The van der Waals surface area contributed by atoms with Gasteiger partial charge in [-0.3, -0.25) is 0 Å². The van der Waals surface area contributed by atoms with E-state index in [1.807, 2.05) is 7.05 Å². The van der Waals surface area contributed by atoms with Crippen LogP contribution >= 0.6 is 0 Å². The fraction of sp³-hybridized carbons (Fsp3) is 0.600. The third-order valence-electron chi connectivity index (χ3n) is 3.72. The summed E-state index contributed by atoms with van der Waals surface area (Å²) in [5.41, 5.74) is 2.39. The maximum absolute atomic E-state index is 9.42. The Morgan fingerprint density at radius 2 is 2.00 bits per heavy atom. The van der Waals surface area contributed by atoms with E-state index in [1.54, 1.807) is 0 Å². The zero-order valence-corrected chi connectivity index (χ0v) is 12.0. The van der Waals surface area contributed by atoms with E-state index in [0.717, 1.165) is 19.5 Å². The molecule has 2 N–H and O–H groups in total. The second-order valence-corrected chi connectivity index (χ2v) is 5.08. The number of nitrogens with zero attached hydrogens (tertiary/aromatic N) is 1. The van der Waals surface area contributed by atoms with Gasteiger partial charge in [0.15, 0.2) is 0 Å². The van der Waals surface area contributed by atoms with Gasteiger partial charge in [0.05, 0.1) is 6.61 Å². The second kappa shape index (κ2) is 6.76. The van der Waals surface area contributed by atoms with Crippen LogP contribution in [0.15, 0.2) is 24.3 Å². The first-order chi connectivity index (χ1) is 8.56. The molecule has 18 heavy (non-hydrogen) atoms. The number of aliphatic hydroxyl groups is 1. The highest BCUT2D eigenvalue weighted by Crippen LogP contribution is 2.20. The van der Waals surface area contributed by atoms with Crippen LogP contribution in [0.2, 0.25) is 0 Å². The lowest BCUT2D eigenvalue weighted by Gasteiger charge is -2.32. The van der Waals surface area contributed by atoms with Crippen molar-refractivity contribution in [1.29, 1.82) is 0 Å². The molecule has 0 aliphatic rings. The smallest absolute Gasteiger partial charge is 0.0611 e. The zero-order valence-electron chi connectivity index (χ0n) is 12.0. The van der Waals surface area contributed by atoms with Crippen LogP contribution in [0.4, 0.5) is 5.69 Å². The first-order valence-corrected chi connectivity index (χ1v) is 6.66. The molecule has 0 bridgehead atoms. The molecule has 1 aromatic rings. The molecule has 0 spiro atoms. The van der Waals surface area contributed by atoms with Crippen molar-refractivity contribution in [3.63, 3.8) is 0 Å². The summed E-state index contributed by atoms with van der Waals surface area (Å²) in [4.78, 5) is 2.36. The molecular weight excluding hydrogens is 224 g/mol. The molecule has 1 aromatic carbocycles. The first kappa shape index (κ1) is 15.0. The lowest BCUT2D eigenvalue weighted by molar-refractivity contribution is 0.175. The van der Waals surface area contributed by atoms with Crippen molar-refractivity contribution in [2.75, 3.05) is 31.6 Å². The molecule has 1 atom stereocenters. The number of anilines is 1. The van der Waals surface area contributed by atoms with Crippen molar-refractivity contribution in [2.24, 2.45) is 0 Å². The van der Waals surface area contributed by atoms with Crippen molar-refractivity contribution in [3.8, 4) is 0 Å². The Kier molecular flexibility index (Phi) is 5.63. The van der Waals surface area contributed by atoms with Gasteiger partial charge in [-0.05, 0) is 45.9 Å². The summed E-state index contributed by atoms with van der Waals surface area (Å²) in [6.45, 7) is 8.45. The summed E-state index contributed by atoms with van der Waals surface area (Å²) in [5.74, 6) is 0. The highest BCUT2D eigenvalue weighted by atomic mass is 16.3. The highest BCUT2D eigenvalue weighted by Gasteiger charge is 2.21. The number of nitrogens with one attached hydrogen (secondary N) is 1. The summed E-state index contributed by atoms with van der Waals surface area (Å²) in [6.07, 6.45) is 0.919. The van der Waals surface area contributed by atoms with E-state index in [2.05, 4.69) is 55.3 Å². The molecule has 0 heterocycles. The minimum absolute atomic E-state index is 0.162. The number of likely N-dealkylation sites (N-methyl/N-ethyl adjacent to an activating group) is 1. The van der Waals surface area contributed by atoms with E-state index in [1.165, 1.54) is 11.3 Å². The summed E-state index contributed by atoms with van der Waals surface area (Å²) in [5, 5.41) is 12.6. The fourth-order valence-corrected chi connectivity index (χ4v) is 2.03. The molecule has 0 aliphatic heterocycles. The average molecular weight is 250 g/mol. The van der Waals surface area contributed by atoms with Crippen LogP contribution in [0, 0.1) is 6.92 Å². The Morgan fingerprint density at radius 1 is 1.33 bits per heavy atom. The minimum atomic E-state index is -0.198. The van der Waals surface area contributed by atoms with E-state index in [-0.39, 0.29) is 12.1 Å². The first-order valence-electron chi connectivity index (χ1n) is 6.66. The molecule has 0 radical (unpaired) electrons. The Hall–Kier alpha value is -1.06. The number of aryl methyl sites for hydroxylation is 1. The van der Waals surface area contributed by atoms with Crippen LogP contribution in [0.25, 0.3) is 0 Å². The number of rotatable bonds is 7. The van der Waals surface area contributed by atoms with Crippen LogP contribution in [-0.4, -0.2) is 37.4 Å². The number of para-hydroxylation sites is 1. The normalized spacial score (nSPS) is 14.3. The summed E-state index contributed by atoms with van der Waals surface area (Å²) in [6, 6.07) is 8.45. The van der Waals surface area contributed by atoms with Gasteiger partial charge in [-0.15, -0.1) is 0 Å². The Bertz CT molecular complexity index is 361. The Labute approximate surface area is 111 Å². The maximum atomic E-state index is 9.42. The zero-order chi connectivity index (χ0) is 13.6. The minimum Gasteiger partial charge on any atom is -0.394 e.